The first-order valence-corrected chi connectivity index (χ1v) is 7.29. The van der Waals surface area contributed by atoms with Gasteiger partial charge in [0.05, 0.1) is 5.52 Å². The van der Waals surface area contributed by atoms with E-state index in [-0.39, 0.29) is 0 Å². The third kappa shape index (κ3) is 2.75. The molecule has 1 N–H and O–H groups in total. The second-order valence-corrected chi connectivity index (χ2v) is 5.63. The Bertz CT molecular complexity index is 776. The van der Waals surface area contributed by atoms with Gasteiger partial charge in [0.1, 0.15) is 0 Å². The van der Waals surface area contributed by atoms with Crippen LogP contribution in [0.2, 0.25) is 0 Å². The van der Waals surface area contributed by atoms with Crippen molar-refractivity contribution in [2.45, 2.75) is 27.3 Å². The monoisotopic (exact) mass is 276 g/mol. The maximum absolute atomic E-state index is 4.58. The van der Waals surface area contributed by atoms with Gasteiger partial charge in [0.15, 0.2) is 0 Å². The lowest BCUT2D eigenvalue weighted by Gasteiger charge is -2.15. The molecule has 0 spiro atoms. The fourth-order valence-electron chi connectivity index (χ4n) is 2.81. The van der Waals surface area contributed by atoms with Crippen molar-refractivity contribution in [2.75, 3.05) is 5.32 Å². The number of anilines is 1. The number of benzene rings is 2. The van der Waals surface area contributed by atoms with Crippen molar-refractivity contribution in [1.29, 1.82) is 0 Å². The van der Waals surface area contributed by atoms with Gasteiger partial charge in [-0.15, -0.1) is 0 Å². The SMILES string of the molecule is Cc1cc(C)c2c(NCc3ccccc3)c(C)cnc2c1. The van der Waals surface area contributed by atoms with Gasteiger partial charge >= 0.3 is 0 Å². The molecule has 3 aromatic rings. The van der Waals surface area contributed by atoms with E-state index in [9.17, 15) is 0 Å². The second-order valence-electron chi connectivity index (χ2n) is 5.63. The fourth-order valence-corrected chi connectivity index (χ4v) is 2.81. The van der Waals surface area contributed by atoms with E-state index < -0.39 is 0 Å². The Morgan fingerprint density at radius 3 is 2.48 bits per heavy atom. The Labute approximate surface area is 125 Å². The smallest absolute Gasteiger partial charge is 0.0728 e. The summed E-state index contributed by atoms with van der Waals surface area (Å²) in [5, 5.41) is 4.83. The molecule has 0 amide bonds. The van der Waals surface area contributed by atoms with E-state index >= 15 is 0 Å². The zero-order valence-corrected chi connectivity index (χ0v) is 12.8. The third-order valence-electron chi connectivity index (χ3n) is 3.81. The summed E-state index contributed by atoms with van der Waals surface area (Å²) >= 11 is 0. The Kier molecular flexibility index (Phi) is 3.61. The molecule has 1 aromatic heterocycles. The van der Waals surface area contributed by atoms with Crippen LogP contribution in [0.3, 0.4) is 0 Å². The van der Waals surface area contributed by atoms with Crippen LogP contribution in [0.5, 0.6) is 0 Å². The maximum Gasteiger partial charge on any atom is 0.0728 e. The van der Waals surface area contributed by atoms with Gasteiger partial charge in [-0.1, -0.05) is 36.4 Å². The molecule has 0 radical (unpaired) electrons. The predicted octanol–water partition coefficient (Wildman–Crippen LogP) is 4.77. The van der Waals surface area contributed by atoms with E-state index in [0.717, 1.165) is 12.1 Å². The van der Waals surface area contributed by atoms with Crippen LogP contribution in [0.4, 0.5) is 5.69 Å². The summed E-state index contributed by atoms with van der Waals surface area (Å²) in [5.74, 6) is 0. The molecule has 0 aliphatic heterocycles. The minimum atomic E-state index is 0.827. The van der Waals surface area contributed by atoms with E-state index in [0.29, 0.717) is 0 Å². The van der Waals surface area contributed by atoms with Crippen molar-refractivity contribution >= 4 is 16.6 Å². The number of nitrogens with zero attached hydrogens (tertiary/aromatic N) is 1. The van der Waals surface area contributed by atoms with E-state index in [1.54, 1.807) is 0 Å². The molecular weight excluding hydrogens is 256 g/mol. The van der Waals surface area contributed by atoms with E-state index in [1.165, 1.54) is 33.3 Å². The first-order valence-electron chi connectivity index (χ1n) is 7.29. The molecule has 0 unspecified atom stereocenters. The number of rotatable bonds is 3. The minimum absolute atomic E-state index is 0.827. The Morgan fingerprint density at radius 1 is 0.952 bits per heavy atom. The molecule has 3 rings (SSSR count). The Morgan fingerprint density at radius 2 is 1.71 bits per heavy atom. The van der Waals surface area contributed by atoms with Gasteiger partial charge in [-0.25, -0.2) is 0 Å². The lowest BCUT2D eigenvalue weighted by Crippen LogP contribution is -2.03. The number of hydrogen-bond donors (Lipinski definition) is 1. The van der Waals surface area contributed by atoms with Crippen molar-refractivity contribution in [3.05, 3.63) is 70.9 Å². The largest absolute Gasteiger partial charge is 0.380 e. The van der Waals surface area contributed by atoms with Crippen LogP contribution in [-0.4, -0.2) is 4.98 Å². The Balaban J connectivity index is 2.03. The van der Waals surface area contributed by atoms with E-state index in [2.05, 4.69) is 67.5 Å². The van der Waals surface area contributed by atoms with Gasteiger partial charge in [-0.2, -0.15) is 0 Å². The minimum Gasteiger partial charge on any atom is -0.380 e. The standard InChI is InChI=1S/C19H20N2/c1-13-9-14(2)18-17(10-13)20-11-15(3)19(18)21-12-16-7-5-4-6-8-16/h4-11H,12H2,1-3H3,(H,20,21). The quantitative estimate of drug-likeness (QED) is 0.745. The van der Waals surface area contributed by atoms with Gasteiger partial charge in [0, 0.05) is 23.8 Å². The lowest BCUT2D eigenvalue weighted by atomic mass is 10.0. The van der Waals surface area contributed by atoms with Crippen molar-refractivity contribution < 1.29 is 0 Å². The molecule has 0 fully saturated rings. The molecule has 0 saturated carbocycles. The maximum atomic E-state index is 4.58. The number of fused-ring (bicyclic) bond motifs is 1. The first kappa shape index (κ1) is 13.6. The predicted molar refractivity (Wildman–Crippen MR) is 89.7 cm³/mol. The normalized spacial score (nSPS) is 10.8. The van der Waals surface area contributed by atoms with Crippen LogP contribution in [0, 0.1) is 20.8 Å². The zero-order chi connectivity index (χ0) is 14.8. The number of aryl methyl sites for hydroxylation is 3. The summed E-state index contributed by atoms with van der Waals surface area (Å²) in [5.41, 5.74) is 7.26. The zero-order valence-electron chi connectivity index (χ0n) is 12.8. The first-order chi connectivity index (χ1) is 10.1. The summed E-state index contributed by atoms with van der Waals surface area (Å²) in [4.78, 5) is 4.58. The van der Waals surface area contributed by atoms with Crippen molar-refractivity contribution in [3.8, 4) is 0 Å². The highest BCUT2D eigenvalue weighted by atomic mass is 14.9. The van der Waals surface area contributed by atoms with Crippen molar-refractivity contribution in [2.24, 2.45) is 0 Å². The number of nitrogens with one attached hydrogen (secondary N) is 1. The van der Waals surface area contributed by atoms with Crippen LogP contribution in [0.1, 0.15) is 22.3 Å². The number of aromatic nitrogens is 1. The van der Waals surface area contributed by atoms with Crippen LogP contribution in [-0.2, 0) is 6.54 Å². The highest BCUT2D eigenvalue weighted by Crippen LogP contribution is 2.29. The summed E-state index contributed by atoms with van der Waals surface area (Å²) < 4.78 is 0. The van der Waals surface area contributed by atoms with Gasteiger partial charge in [0.2, 0.25) is 0 Å². The molecular formula is C19H20N2. The molecule has 0 aliphatic carbocycles. The summed E-state index contributed by atoms with van der Waals surface area (Å²) in [6, 6.07) is 14.8. The van der Waals surface area contributed by atoms with Crippen LogP contribution < -0.4 is 5.32 Å². The molecule has 2 heteroatoms. The molecule has 2 nitrogen and oxygen atoms in total. The van der Waals surface area contributed by atoms with Crippen molar-refractivity contribution in [3.63, 3.8) is 0 Å². The van der Waals surface area contributed by atoms with Gasteiger partial charge in [-0.3, -0.25) is 4.98 Å². The summed E-state index contributed by atoms with van der Waals surface area (Å²) in [6.07, 6.45) is 1.95. The highest BCUT2D eigenvalue weighted by molar-refractivity contribution is 5.95. The lowest BCUT2D eigenvalue weighted by molar-refractivity contribution is 1.14. The molecule has 0 atom stereocenters. The van der Waals surface area contributed by atoms with Crippen molar-refractivity contribution in [1.82, 2.24) is 4.98 Å². The third-order valence-corrected chi connectivity index (χ3v) is 3.81. The average Bonchev–Trinajstić information content (AvgIpc) is 2.47. The van der Waals surface area contributed by atoms with Gasteiger partial charge < -0.3 is 5.32 Å². The molecule has 1 heterocycles. The van der Waals surface area contributed by atoms with Crippen LogP contribution in [0.25, 0.3) is 10.9 Å². The molecule has 0 bridgehead atoms. The van der Waals surface area contributed by atoms with Crippen LogP contribution in [0.15, 0.2) is 48.7 Å². The molecule has 2 aromatic carbocycles. The number of hydrogen-bond acceptors (Lipinski definition) is 2. The Hall–Kier alpha value is -2.35. The van der Waals surface area contributed by atoms with Gasteiger partial charge in [-0.05, 0) is 49.1 Å². The van der Waals surface area contributed by atoms with Gasteiger partial charge in [0.25, 0.3) is 0 Å². The van der Waals surface area contributed by atoms with E-state index in [1.807, 2.05) is 12.3 Å². The molecule has 0 aliphatic rings. The average molecular weight is 276 g/mol. The summed E-state index contributed by atoms with van der Waals surface area (Å²) in [6.45, 7) is 7.21. The molecule has 21 heavy (non-hydrogen) atoms. The highest BCUT2D eigenvalue weighted by Gasteiger charge is 2.09. The summed E-state index contributed by atoms with van der Waals surface area (Å²) in [7, 11) is 0. The second kappa shape index (κ2) is 5.57. The molecule has 0 saturated heterocycles. The van der Waals surface area contributed by atoms with Crippen LogP contribution >= 0.6 is 0 Å². The molecule has 106 valence electrons. The topological polar surface area (TPSA) is 24.9 Å². The number of pyridine rings is 1. The fraction of sp³-hybridized carbons (Fsp3) is 0.211. The van der Waals surface area contributed by atoms with E-state index in [4.69, 9.17) is 0 Å².